The quantitative estimate of drug-likeness (QED) is 0.780. The largest absolute Gasteiger partial charge is 0.493 e. The standard InChI is InChI=1S/C17H20F2N2O5/c1-5-21-9(2)13(15(22)25-4)14(20-17(21)23)10-6-7-11(26-16(18)19)12(8-10)24-3/h6-8,14,16H,5H2,1-4H3,(H,20,23)/t14-/m0/s1. The van der Waals surface area contributed by atoms with Gasteiger partial charge in [-0.15, -0.1) is 0 Å². The highest BCUT2D eigenvalue weighted by Gasteiger charge is 2.36. The number of urea groups is 1. The van der Waals surface area contributed by atoms with Crippen molar-refractivity contribution in [3.05, 3.63) is 35.0 Å². The van der Waals surface area contributed by atoms with Gasteiger partial charge < -0.3 is 19.5 Å². The molecule has 7 nitrogen and oxygen atoms in total. The van der Waals surface area contributed by atoms with Crippen molar-refractivity contribution in [2.24, 2.45) is 0 Å². The van der Waals surface area contributed by atoms with E-state index < -0.39 is 18.6 Å². The van der Waals surface area contributed by atoms with E-state index in [9.17, 15) is 18.4 Å². The van der Waals surface area contributed by atoms with Crippen LogP contribution in [0, 0.1) is 0 Å². The van der Waals surface area contributed by atoms with Crippen molar-refractivity contribution < 1.29 is 32.6 Å². The fourth-order valence-electron chi connectivity index (χ4n) is 2.84. The number of esters is 1. The number of halogens is 2. The Morgan fingerprint density at radius 2 is 2.00 bits per heavy atom. The molecule has 0 unspecified atom stereocenters. The highest BCUT2D eigenvalue weighted by Crippen LogP contribution is 2.36. The van der Waals surface area contributed by atoms with E-state index in [0.717, 1.165) is 0 Å². The van der Waals surface area contributed by atoms with Gasteiger partial charge in [-0.2, -0.15) is 8.78 Å². The highest BCUT2D eigenvalue weighted by atomic mass is 19.3. The van der Waals surface area contributed by atoms with E-state index in [1.165, 1.54) is 37.3 Å². The SMILES string of the molecule is CCN1C(=O)N[C@@H](c2ccc(OC(F)F)c(OC)c2)C(C(=O)OC)=C1C. The van der Waals surface area contributed by atoms with Gasteiger partial charge in [-0.25, -0.2) is 9.59 Å². The van der Waals surface area contributed by atoms with Crippen molar-refractivity contribution in [1.82, 2.24) is 10.2 Å². The van der Waals surface area contributed by atoms with Gasteiger partial charge in [-0.3, -0.25) is 4.90 Å². The second-order valence-corrected chi connectivity index (χ2v) is 5.41. The van der Waals surface area contributed by atoms with E-state index in [1.54, 1.807) is 13.8 Å². The molecule has 0 fully saturated rings. The van der Waals surface area contributed by atoms with Crippen LogP contribution in [0.25, 0.3) is 0 Å². The molecular formula is C17H20F2N2O5. The van der Waals surface area contributed by atoms with Gasteiger partial charge in [0.15, 0.2) is 11.5 Å². The van der Waals surface area contributed by atoms with Crippen molar-refractivity contribution in [2.45, 2.75) is 26.5 Å². The third-order valence-electron chi connectivity index (χ3n) is 4.05. The number of methoxy groups -OCH3 is 2. The molecule has 2 rings (SSSR count). The molecule has 1 heterocycles. The number of hydrogen-bond acceptors (Lipinski definition) is 5. The van der Waals surface area contributed by atoms with Gasteiger partial charge in [0, 0.05) is 12.2 Å². The minimum Gasteiger partial charge on any atom is -0.493 e. The van der Waals surface area contributed by atoms with Gasteiger partial charge in [0.25, 0.3) is 0 Å². The molecule has 0 aliphatic carbocycles. The van der Waals surface area contributed by atoms with Gasteiger partial charge in [0.05, 0.1) is 25.8 Å². The van der Waals surface area contributed by atoms with E-state index in [4.69, 9.17) is 9.47 Å². The first-order valence-electron chi connectivity index (χ1n) is 7.83. The van der Waals surface area contributed by atoms with E-state index in [-0.39, 0.29) is 23.1 Å². The molecule has 1 N–H and O–H groups in total. The average Bonchev–Trinajstić information content (AvgIpc) is 2.60. The van der Waals surface area contributed by atoms with Crippen LogP contribution < -0.4 is 14.8 Å². The van der Waals surface area contributed by atoms with Crippen LogP contribution in [-0.4, -0.2) is 44.3 Å². The second-order valence-electron chi connectivity index (χ2n) is 5.41. The first-order valence-corrected chi connectivity index (χ1v) is 7.83. The van der Waals surface area contributed by atoms with Gasteiger partial charge in [-0.1, -0.05) is 6.07 Å². The molecule has 1 atom stereocenters. The lowest BCUT2D eigenvalue weighted by molar-refractivity contribution is -0.136. The monoisotopic (exact) mass is 370 g/mol. The number of rotatable bonds is 6. The van der Waals surface area contributed by atoms with Crippen LogP contribution >= 0.6 is 0 Å². The Morgan fingerprint density at radius 1 is 1.31 bits per heavy atom. The second kappa shape index (κ2) is 8.03. The Bertz CT molecular complexity index is 736. The molecule has 9 heteroatoms. The zero-order valence-corrected chi connectivity index (χ0v) is 14.8. The van der Waals surface area contributed by atoms with Crippen molar-refractivity contribution in [2.75, 3.05) is 20.8 Å². The predicted molar refractivity (Wildman–Crippen MR) is 88.0 cm³/mol. The third kappa shape index (κ3) is 3.71. The zero-order valence-electron chi connectivity index (χ0n) is 14.8. The summed E-state index contributed by atoms with van der Waals surface area (Å²) in [6.07, 6.45) is 0. The van der Waals surface area contributed by atoms with Crippen LogP contribution in [0.4, 0.5) is 13.6 Å². The van der Waals surface area contributed by atoms with Crippen LogP contribution in [0.5, 0.6) is 11.5 Å². The molecule has 2 amide bonds. The van der Waals surface area contributed by atoms with Crippen LogP contribution in [0.2, 0.25) is 0 Å². The summed E-state index contributed by atoms with van der Waals surface area (Å²) in [5, 5.41) is 2.72. The van der Waals surface area contributed by atoms with Crippen LogP contribution in [-0.2, 0) is 9.53 Å². The van der Waals surface area contributed by atoms with E-state index >= 15 is 0 Å². The van der Waals surface area contributed by atoms with Crippen molar-refractivity contribution >= 4 is 12.0 Å². The number of benzene rings is 1. The number of ether oxygens (including phenoxy) is 3. The summed E-state index contributed by atoms with van der Waals surface area (Å²) >= 11 is 0. The molecule has 1 aliphatic rings. The fraction of sp³-hybridized carbons (Fsp3) is 0.412. The normalized spacial score (nSPS) is 17.3. The molecule has 26 heavy (non-hydrogen) atoms. The topological polar surface area (TPSA) is 77.1 Å². The summed E-state index contributed by atoms with van der Waals surface area (Å²) in [4.78, 5) is 26.0. The van der Waals surface area contributed by atoms with E-state index in [0.29, 0.717) is 17.8 Å². The number of nitrogens with zero attached hydrogens (tertiary/aromatic N) is 1. The van der Waals surface area contributed by atoms with Crippen molar-refractivity contribution in [3.8, 4) is 11.5 Å². The van der Waals surface area contributed by atoms with Gasteiger partial charge in [-0.05, 0) is 31.5 Å². The maximum atomic E-state index is 12.5. The Kier molecular flexibility index (Phi) is 6.01. The third-order valence-corrected chi connectivity index (χ3v) is 4.05. The average molecular weight is 370 g/mol. The van der Waals surface area contributed by atoms with Gasteiger partial charge >= 0.3 is 18.6 Å². The van der Waals surface area contributed by atoms with Crippen molar-refractivity contribution in [3.63, 3.8) is 0 Å². The number of allylic oxidation sites excluding steroid dienone is 1. The van der Waals surface area contributed by atoms with Crippen LogP contribution in [0.3, 0.4) is 0 Å². The summed E-state index contributed by atoms with van der Waals surface area (Å²) < 4.78 is 39.3. The summed E-state index contributed by atoms with van der Waals surface area (Å²) in [6, 6.07) is 3.01. The summed E-state index contributed by atoms with van der Waals surface area (Å²) in [5.41, 5.74) is 1.17. The van der Waals surface area contributed by atoms with Gasteiger partial charge in [0.1, 0.15) is 0 Å². The molecule has 0 saturated heterocycles. The maximum absolute atomic E-state index is 12.5. The Labute approximate surface area is 149 Å². The lowest BCUT2D eigenvalue weighted by atomic mass is 9.94. The van der Waals surface area contributed by atoms with Crippen LogP contribution in [0.15, 0.2) is 29.5 Å². The number of amides is 2. The van der Waals surface area contributed by atoms with Crippen molar-refractivity contribution in [1.29, 1.82) is 0 Å². The highest BCUT2D eigenvalue weighted by molar-refractivity contribution is 5.95. The molecule has 0 aromatic heterocycles. The molecular weight excluding hydrogens is 350 g/mol. The zero-order chi connectivity index (χ0) is 19.4. The Hall–Kier alpha value is -2.84. The maximum Gasteiger partial charge on any atom is 0.387 e. The fourth-order valence-corrected chi connectivity index (χ4v) is 2.84. The summed E-state index contributed by atoms with van der Waals surface area (Å²) in [7, 11) is 2.55. The van der Waals surface area contributed by atoms with E-state index in [1.807, 2.05) is 0 Å². The number of alkyl halides is 2. The number of carbonyl (C=O) groups is 2. The number of hydrogen-bond donors (Lipinski definition) is 1. The summed E-state index contributed by atoms with van der Waals surface area (Å²) in [6.45, 7) is 0.787. The Balaban J connectivity index is 2.52. The minimum atomic E-state index is -3.00. The molecule has 1 aliphatic heterocycles. The molecule has 1 aromatic rings. The van der Waals surface area contributed by atoms with E-state index in [2.05, 4.69) is 10.1 Å². The number of carbonyl (C=O) groups excluding carboxylic acids is 2. The summed E-state index contributed by atoms with van der Waals surface area (Å²) in [5.74, 6) is -0.696. The Morgan fingerprint density at radius 3 is 2.54 bits per heavy atom. The minimum absolute atomic E-state index is 0.0526. The molecule has 0 bridgehead atoms. The lowest BCUT2D eigenvalue weighted by Crippen LogP contribution is -2.47. The molecule has 0 spiro atoms. The molecule has 0 saturated carbocycles. The molecule has 142 valence electrons. The van der Waals surface area contributed by atoms with Crippen LogP contribution in [0.1, 0.15) is 25.5 Å². The number of nitrogens with one attached hydrogen (secondary N) is 1. The first kappa shape index (κ1) is 19.5. The lowest BCUT2D eigenvalue weighted by Gasteiger charge is -2.34. The molecule has 0 radical (unpaired) electrons. The smallest absolute Gasteiger partial charge is 0.387 e. The molecule has 1 aromatic carbocycles. The predicted octanol–water partition coefficient (Wildman–Crippen LogP) is 2.83. The van der Waals surface area contributed by atoms with Gasteiger partial charge in [0.2, 0.25) is 0 Å². The first-order chi connectivity index (χ1) is 12.3.